The number of pyridine rings is 1. The molecular formula is C15H12N6O4. The fourth-order valence-corrected chi connectivity index (χ4v) is 2.12. The monoisotopic (exact) mass is 340 g/mol. The van der Waals surface area contributed by atoms with Gasteiger partial charge in [-0.05, 0) is 18.2 Å². The average molecular weight is 340 g/mol. The first-order valence-corrected chi connectivity index (χ1v) is 7.03. The molecule has 0 atom stereocenters. The first-order chi connectivity index (χ1) is 12.1. The maximum absolute atomic E-state index is 12.3. The molecule has 10 heteroatoms. The van der Waals surface area contributed by atoms with Crippen LogP contribution < -0.4 is 10.1 Å². The number of nitro groups is 1. The third kappa shape index (κ3) is 3.42. The molecule has 1 amide bonds. The highest BCUT2D eigenvalue weighted by Crippen LogP contribution is 2.24. The zero-order chi connectivity index (χ0) is 17.8. The number of nitrogens with zero attached hydrogens (tertiary/aromatic N) is 5. The zero-order valence-electron chi connectivity index (χ0n) is 13.0. The van der Waals surface area contributed by atoms with Gasteiger partial charge in [0.1, 0.15) is 18.3 Å². The van der Waals surface area contributed by atoms with E-state index in [9.17, 15) is 14.9 Å². The minimum Gasteiger partial charge on any atom is -0.481 e. The SMILES string of the molecule is COc1ccc(NC(=O)c2ccc(-n3cncn3)c([N+](=O)[O-])c2)cn1. The summed E-state index contributed by atoms with van der Waals surface area (Å²) in [5.74, 6) is -0.0916. The first kappa shape index (κ1) is 16.1. The van der Waals surface area contributed by atoms with Crippen molar-refractivity contribution in [2.24, 2.45) is 0 Å². The molecule has 0 saturated heterocycles. The van der Waals surface area contributed by atoms with Gasteiger partial charge in [-0.25, -0.2) is 14.6 Å². The van der Waals surface area contributed by atoms with E-state index in [2.05, 4.69) is 20.4 Å². The van der Waals surface area contributed by atoms with Crippen molar-refractivity contribution in [2.75, 3.05) is 12.4 Å². The minimum atomic E-state index is -0.581. The summed E-state index contributed by atoms with van der Waals surface area (Å²) < 4.78 is 6.19. The number of nitrogens with one attached hydrogen (secondary N) is 1. The highest BCUT2D eigenvalue weighted by atomic mass is 16.6. The molecule has 2 aromatic heterocycles. The van der Waals surface area contributed by atoms with Gasteiger partial charge in [-0.2, -0.15) is 5.10 Å². The van der Waals surface area contributed by atoms with Crippen LogP contribution in [0.3, 0.4) is 0 Å². The Morgan fingerprint density at radius 2 is 2.16 bits per heavy atom. The number of hydrogen-bond acceptors (Lipinski definition) is 7. The van der Waals surface area contributed by atoms with Crippen molar-refractivity contribution in [3.05, 3.63) is 64.9 Å². The maximum Gasteiger partial charge on any atom is 0.295 e. The molecule has 3 rings (SSSR count). The molecule has 25 heavy (non-hydrogen) atoms. The van der Waals surface area contributed by atoms with Crippen LogP contribution in [0.15, 0.2) is 49.2 Å². The lowest BCUT2D eigenvalue weighted by Crippen LogP contribution is -2.13. The van der Waals surface area contributed by atoms with E-state index in [1.54, 1.807) is 12.1 Å². The summed E-state index contributed by atoms with van der Waals surface area (Å²) in [7, 11) is 1.48. The molecule has 0 spiro atoms. The van der Waals surface area contributed by atoms with Gasteiger partial charge in [0.2, 0.25) is 5.88 Å². The minimum absolute atomic E-state index is 0.131. The predicted octanol–water partition coefficient (Wildman–Crippen LogP) is 1.83. The molecular weight excluding hydrogens is 328 g/mol. The molecule has 2 heterocycles. The molecule has 10 nitrogen and oxygen atoms in total. The molecule has 0 saturated carbocycles. The Labute approximate surface area is 141 Å². The summed E-state index contributed by atoms with van der Waals surface area (Å²) in [5.41, 5.74) is 0.524. The Hall–Kier alpha value is -3.82. The number of aromatic nitrogens is 4. The number of methoxy groups -OCH3 is 1. The number of nitro benzene ring substituents is 1. The highest BCUT2D eigenvalue weighted by molar-refractivity contribution is 6.04. The van der Waals surface area contributed by atoms with Gasteiger partial charge >= 0.3 is 0 Å². The Balaban J connectivity index is 1.87. The van der Waals surface area contributed by atoms with E-state index in [1.807, 2.05) is 0 Å². The fourth-order valence-electron chi connectivity index (χ4n) is 2.12. The van der Waals surface area contributed by atoms with Crippen LogP contribution in [0.4, 0.5) is 11.4 Å². The Morgan fingerprint density at radius 3 is 2.76 bits per heavy atom. The van der Waals surface area contributed by atoms with Gasteiger partial charge in [0.25, 0.3) is 11.6 Å². The van der Waals surface area contributed by atoms with Crippen LogP contribution in [-0.4, -0.2) is 37.7 Å². The topological polar surface area (TPSA) is 125 Å². The van der Waals surface area contributed by atoms with Crippen LogP contribution in [0.25, 0.3) is 5.69 Å². The second-order valence-corrected chi connectivity index (χ2v) is 4.84. The summed E-state index contributed by atoms with van der Waals surface area (Å²) in [6.45, 7) is 0. The number of hydrogen-bond donors (Lipinski definition) is 1. The van der Waals surface area contributed by atoms with Crippen LogP contribution in [0.1, 0.15) is 10.4 Å². The maximum atomic E-state index is 12.3. The van der Waals surface area contributed by atoms with Crippen LogP contribution in [0, 0.1) is 10.1 Å². The lowest BCUT2D eigenvalue weighted by atomic mass is 10.1. The summed E-state index contributed by atoms with van der Waals surface area (Å²) in [4.78, 5) is 30.8. The Kier molecular flexibility index (Phi) is 4.33. The molecule has 3 aromatic rings. The third-order valence-electron chi connectivity index (χ3n) is 3.30. The fraction of sp³-hybridized carbons (Fsp3) is 0.0667. The molecule has 126 valence electrons. The molecule has 0 aliphatic carbocycles. The van der Waals surface area contributed by atoms with Crippen molar-refractivity contribution < 1.29 is 14.5 Å². The summed E-state index contributed by atoms with van der Waals surface area (Å²) >= 11 is 0. The van der Waals surface area contributed by atoms with Crippen molar-refractivity contribution in [1.82, 2.24) is 19.7 Å². The second kappa shape index (κ2) is 6.74. The molecule has 1 N–H and O–H groups in total. The largest absolute Gasteiger partial charge is 0.481 e. The van der Waals surface area contributed by atoms with E-state index < -0.39 is 10.8 Å². The van der Waals surface area contributed by atoms with E-state index in [4.69, 9.17) is 4.74 Å². The standard InChI is InChI=1S/C15H12N6O4/c1-25-14-5-3-11(7-17-14)19-15(22)10-2-4-12(13(6-10)21(23)24)20-9-16-8-18-20/h2-9H,1H3,(H,19,22). The van der Waals surface area contributed by atoms with Gasteiger partial charge in [0.05, 0.1) is 23.9 Å². The van der Waals surface area contributed by atoms with Crippen LogP contribution in [-0.2, 0) is 0 Å². The van der Waals surface area contributed by atoms with E-state index in [0.29, 0.717) is 11.6 Å². The van der Waals surface area contributed by atoms with Gasteiger partial charge in [-0.3, -0.25) is 14.9 Å². The van der Waals surface area contributed by atoms with E-state index in [0.717, 1.165) is 0 Å². The molecule has 0 aliphatic rings. The van der Waals surface area contributed by atoms with Crippen LogP contribution in [0.5, 0.6) is 5.88 Å². The van der Waals surface area contributed by atoms with Crippen molar-refractivity contribution in [1.29, 1.82) is 0 Å². The molecule has 1 aromatic carbocycles. The van der Waals surface area contributed by atoms with Gasteiger partial charge in [0.15, 0.2) is 0 Å². The lowest BCUT2D eigenvalue weighted by Gasteiger charge is -2.07. The number of rotatable bonds is 5. The quantitative estimate of drug-likeness (QED) is 0.555. The summed E-state index contributed by atoms with van der Waals surface area (Å²) in [5, 5.41) is 17.8. The summed E-state index contributed by atoms with van der Waals surface area (Å²) in [6, 6.07) is 7.29. The molecule has 0 radical (unpaired) electrons. The van der Waals surface area contributed by atoms with Crippen molar-refractivity contribution in [3.63, 3.8) is 0 Å². The highest BCUT2D eigenvalue weighted by Gasteiger charge is 2.19. The number of carbonyl (C=O) groups excluding carboxylic acids is 1. The lowest BCUT2D eigenvalue weighted by molar-refractivity contribution is -0.384. The normalized spacial score (nSPS) is 10.3. The smallest absolute Gasteiger partial charge is 0.295 e. The van der Waals surface area contributed by atoms with Gasteiger partial charge in [-0.15, -0.1) is 0 Å². The second-order valence-electron chi connectivity index (χ2n) is 4.84. The van der Waals surface area contributed by atoms with E-state index in [-0.39, 0.29) is 16.9 Å². The molecule has 0 aliphatic heterocycles. The van der Waals surface area contributed by atoms with Gasteiger partial charge in [-0.1, -0.05) is 0 Å². The van der Waals surface area contributed by atoms with Gasteiger partial charge < -0.3 is 10.1 Å². The van der Waals surface area contributed by atoms with Crippen LogP contribution in [0.2, 0.25) is 0 Å². The zero-order valence-corrected chi connectivity index (χ0v) is 13.0. The number of amides is 1. The van der Waals surface area contributed by atoms with Crippen molar-refractivity contribution in [2.45, 2.75) is 0 Å². The third-order valence-corrected chi connectivity index (χ3v) is 3.30. The number of ether oxygens (including phenoxy) is 1. The molecule has 0 bridgehead atoms. The van der Waals surface area contributed by atoms with Crippen LogP contribution >= 0.6 is 0 Å². The average Bonchev–Trinajstić information content (AvgIpc) is 3.16. The van der Waals surface area contributed by atoms with Crippen molar-refractivity contribution in [3.8, 4) is 11.6 Å². The Bertz CT molecular complexity index is 908. The molecule has 0 fully saturated rings. The summed E-state index contributed by atoms with van der Waals surface area (Å²) in [6.07, 6.45) is 4.03. The van der Waals surface area contributed by atoms with Crippen molar-refractivity contribution >= 4 is 17.3 Å². The predicted molar refractivity (Wildman–Crippen MR) is 86.8 cm³/mol. The Morgan fingerprint density at radius 1 is 1.32 bits per heavy atom. The van der Waals surface area contributed by atoms with E-state index >= 15 is 0 Å². The number of carbonyl (C=O) groups is 1. The number of benzene rings is 1. The first-order valence-electron chi connectivity index (χ1n) is 7.03. The molecule has 0 unspecified atom stereocenters. The van der Waals surface area contributed by atoms with Gasteiger partial charge in [0, 0.05) is 17.7 Å². The number of anilines is 1. The van der Waals surface area contributed by atoms with E-state index in [1.165, 1.54) is 48.8 Å².